The zero-order valence-electron chi connectivity index (χ0n) is 14.5. The number of methoxy groups -OCH3 is 1. The number of carbonyl (C=O) groups excluding carboxylic acids is 1. The Hall–Kier alpha value is -2.49. The molecule has 24 heavy (non-hydrogen) atoms. The Morgan fingerprint density at radius 2 is 1.79 bits per heavy atom. The molecule has 0 amide bonds. The first kappa shape index (κ1) is 17.9. The summed E-state index contributed by atoms with van der Waals surface area (Å²) < 4.78 is 16.4. The number of esters is 1. The Morgan fingerprint density at radius 3 is 2.50 bits per heavy atom. The van der Waals surface area contributed by atoms with Gasteiger partial charge in [-0.25, -0.2) is 0 Å². The summed E-state index contributed by atoms with van der Waals surface area (Å²) in [6, 6.07) is 13.3. The monoisotopic (exact) mass is 328 g/mol. The van der Waals surface area contributed by atoms with Crippen LogP contribution in [-0.2, 0) is 17.6 Å². The molecule has 0 unspecified atom stereocenters. The van der Waals surface area contributed by atoms with E-state index in [-0.39, 0.29) is 12.4 Å². The molecule has 0 saturated heterocycles. The fourth-order valence-corrected chi connectivity index (χ4v) is 2.44. The van der Waals surface area contributed by atoms with Gasteiger partial charge in [-0.15, -0.1) is 0 Å². The molecule has 0 fully saturated rings. The normalized spacial score (nSPS) is 10.3. The highest BCUT2D eigenvalue weighted by Crippen LogP contribution is 2.29. The van der Waals surface area contributed by atoms with Crippen LogP contribution in [0.1, 0.15) is 31.4 Å². The summed E-state index contributed by atoms with van der Waals surface area (Å²) in [6.07, 6.45) is 1.75. The van der Waals surface area contributed by atoms with E-state index in [0.29, 0.717) is 24.5 Å². The third-order valence-corrected chi connectivity index (χ3v) is 3.73. The lowest BCUT2D eigenvalue weighted by molar-refractivity contribution is -0.134. The van der Waals surface area contributed by atoms with Crippen molar-refractivity contribution >= 4 is 5.97 Å². The average Bonchev–Trinajstić information content (AvgIpc) is 2.61. The van der Waals surface area contributed by atoms with Crippen molar-refractivity contribution in [1.82, 2.24) is 0 Å². The van der Waals surface area contributed by atoms with E-state index in [1.807, 2.05) is 43.3 Å². The number of rotatable bonds is 8. The molecule has 0 bridgehead atoms. The predicted molar refractivity (Wildman–Crippen MR) is 93.9 cm³/mol. The number of benzene rings is 2. The molecule has 2 aromatic carbocycles. The van der Waals surface area contributed by atoms with Crippen LogP contribution in [0.5, 0.6) is 17.2 Å². The van der Waals surface area contributed by atoms with Crippen molar-refractivity contribution < 1.29 is 19.0 Å². The van der Waals surface area contributed by atoms with Gasteiger partial charge in [0.05, 0.1) is 20.1 Å². The van der Waals surface area contributed by atoms with Gasteiger partial charge >= 0.3 is 5.97 Å². The minimum atomic E-state index is -0.286. The minimum Gasteiger partial charge on any atom is -0.496 e. The van der Waals surface area contributed by atoms with E-state index in [2.05, 4.69) is 6.92 Å². The molecule has 0 aliphatic carbocycles. The smallest absolute Gasteiger partial charge is 0.311 e. The second kappa shape index (κ2) is 8.96. The summed E-state index contributed by atoms with van der Waals surface area (Å²) in [4.78, 5) is 12.2. The lowest BCUT2D eigenvalue weighted by Gasteiger charge is -2.12. The van der Waals surface area contributed by atoms with Crippen molar-refractivity contribution in [3.63, 3.8) is 0 Å². The molecule has 0 aromatic heterocycles. The summed E-state index contributed by atoms with van der Waals surface area (Å²) in [5.41, 5.74) is 2.13. The van der Waals surface area contributed by atoms with Crippen molar-refractivity contribution in [3.05, 3.63) is 53.6 Å². The van der Waals surface area contributed by atoms with Crippen molar-refractivity contribution in [2.45, 2.75) is 33.1 Å². The molecule has 0 radical (unpaired) electrons. The van der Waals surface area contributed by atoms with Gasteiger partial charge in [-0.1, -0.05) is 31.2 Å². The maximum atomic E-state index is 12.2. The summed E-state index contributed by atoms with van der Waals surface area (Å²) >= 11 is 0. The Balaban J connectivity index is 2.01. The van der Waals surface area contributed by atoms with Crippen LogP contribution < -0.4 is 14.2 Å². The minimum absolute atomic E-state index is 0.279. The van der Waals surface area contributed by atoms with Gasteiger partial charge < -0.3 is 14.2 Å². The van der Waals surface area contributed by atoms with Gasteiger partial charge in [-0.2, -0.15) is 0 Å². The van der Waals surface area contributed by atoms with Gasteiger partial charge in [0.25, 0.3) is 0 Å². The van der Waals surface area contributed by atoms with E-state index in [4.69, 9.17) is 14.2 Å². The van der Waals surface area contributed by atoms with Crippen LogP contribution in [0.15, 0.2) is 42.5 Å². The highest BCUT2D eigenvalue weighted by Gasteiger charge is 2.12. The SMILES string of the molecule is CCOc1cc(CC)ccc1OC(=O)CCc1ccccc1OC. The standard InChI is InChI=1S/C20H24O4/c1-4-15-10-12-18(19(14-15)23-5-2)24-20(21)13-11-16-8-6-7-9-17(16)22-3/h6-10,12,14H,4-5,11,13H2,1-3H3. The molecule has 0 heterocycles. The molecule has 0 atom stereocenters. The summed E-state index contributed by atoms with van der Waals surface area (Å²) in [7, 11) is 1.63. The molecular weight excluding hydrogens is 304 g/mol. The molecule has 4 nitrogen and oxygen atoms in total. The third-order valence-electron chi connectivity index (χ3n) is 3.73. The second-order valence-corrected chi connectivity index (χ2v) is 5.35. The molecule has 4 heteroatoms. The average molecular weight is 328 g/mol. The summed E-state index contributed by atoms with van der Waals surface area (Å²) in [5, 5.41) is 0. The zero-order valence-corrected chi connectivity index (χ0v) is 14.5. The van der Waals surface area contributed by atoms with E-state index in [0.717, 1.165) is 23.3 Å². The van der Waals surface area contributed by atoms with Gasteiger partial charge in [-0.05, 0) is 49.1 Å². The van der Waals surface area contributed by atoms with Crippen LogP contribution in [0, 0.1) is 0 Å². The lowest BCUT2D eigenvalue weighted by atomic mass is 10.1. The lowest BCUT2D eigenvalue weighted by Crippen LogP contribution is -2.10. The van der Waals surface area contributed by atoms with Crippen LogP contribution in [0.3, 0.4) is 0 Å². The van der Waals surface area contributed by atoms with Gasteiger partial charge in [0, 0.05) is 0 Å². The third kappa shape index (κ3) is 4.75. The van der Waals surface area contributed by atoms with E-state index in [9.17, 15) is 4.79 Å². The summed E-state index contributed by atoms with van der Waals surface area (Å²) in [5.74, 6) is 1.58. The maximum absolute atomic E-state index is 12.2. The highest BCUT2D eigenvalue weighted by atomic mass is 16.6. The number of hydrogen-bond donors (Lipinski definition) is 0. The topological polar surface area (TPSA) is 44.8 Å². The fourth-order valence-electron chi connectivity index (χ4n) is 2.44. The van der Waals surface area contributed by atoms with Crippen LogP contribution in [0.25, 0.3) is 0 Å². The second-order valence-electron chi connectivity index (χ2n) is 5.35. The van der Waals surface area contributed by atoms with E-state index in [1.165, 1.54) is 0 Å². The molecule has 0 aliphatic heterocycles. The summed E-state index contributed by atoms with van der Waals surface area (Å²) in [6.45, 7) is 4.51. The van der Waals surface area contributed by atoms with Crippen LogP contribution in [0.4, 0.5) is 0 Å². The van der Waals surface area contributed by atoms with E-state index < -0.39 is 0 Å². The van der Waals surface area contributed by atoms with Crippen molar-refractivity contribution in [1.29, 1.82) is 0 Å². The van der Waals surface area contributed by atoms with Gasteiger partial charge in [0.2, 0.25) is 0 Å². The molecule has 0 N–H and O–H groups in total. The Labute approximate surface area is 143 Å². The van der Waals surface area contributed by atoms with Crippen LogP contribution in [0.2, 0.25) is 0 Å². The first-order valence-corrected chi connectivity index (χ1v) is 8.26. The van der Waals surface area contributed by atoms with Gasteiger partial charge in [0.15, 0.2) is 11.5 Å². The van der Waals surface area contributed by atoms with Crippen molar-refractivity contribution in [3.8, 4) is 17.2 Å². The molecule has 0 aliphatic rings. The maximum Gasteiger partial charge on any atom is 0.311 e. The Bertz CT molecular complexity index is 679. The number of ether oxygens (including phenoxy) is 3. The first-order chi connectivity index (χ1) is 11.7. The molecule has 2 aromatic rings. The fraction of sp³-hybridized carbons (Fsp3) is 0.350. The molecule has 0 saturated carbocycles. The molecule has 128 valence electrons. The number of carbonyl (C=O) groups is 1. The quantitative estimate of drug-likeness (QED) is 0.538. The first-order valence-electron chi connectivity index (χ1n) is 8.26. The largest absolute Gasteiger partial charge is 0.496 e. The zero-order chi connectivity index (χ0) is 17.4. The molecule has 0 spiro atoms. The van der Waals surface area contributed by atoms with E-state index >= 15 is 0 Å². The number of para-hydroxylation sites is 1. The van der Waals surface area contributed by atoms with Crippen molar-refractivity contribution in [2.24, 2.45) is 0 Å². The van der Waals surface area contributed by atoms with E-state index in [1.54, 1.807) is 13.2 Å². The predicted octanol–water partition coefficient (Wildman–Crippen LogP) is 4.19. The molecule has 2 rings (SSSR count). The van der Waals surface area contributed by atoms with Gasteiger partial charge in [0.1, 0.15) is 5.75 Å². The molecular formula is C20H24O4. The Morgan fingerprint density at radius 1 is 1.00 bits per heavy atom. The highest BCUT2D eigenvalue weighted by molar-refractivity contribution is 5.73. The van der Waals surface area contributed by atoms with Crippen LogP contribution in [-0.4, -0.2) is 19.7 Å². The number of aryl methyl sites for hydroxylation is 2. The Kier molecular flexibility index (Phi) is 6.67. The van der Waals surface area contributed by atoms with Crippen LogP contribution >= 0.6 is 0 Å². The van der Waals surface area contributed by atoms with Crippen molar-refractivity contribution in [2.75, 3.05) is 13.7 Å². The van der Waals surface area contributed by atoms with Gasteiger partial charge in [-0.3, -0.25) is 4.79 Å². The number of hydrogen-bond acceptors (Lipinski definition) is 4.